The summed E-state index contributed by atoms with van der Waals surface area (Å²) in [6, 6.07) is 0. The van der Waals surface area contributed by atoms with Crippen LogP contribution in [-0.4, -0.2) is 17.2 Å². The predicted molar refractivity (Wildman–Crippen MR) is 79.6 cm³/mol. The zero-order chi connectivity index (χ0) is 14.6. The van der Waals surface area contributed by atoms with Gasteiger partial charge in [0.1, 0.15) is 0 Å². The molecule has 0 spiro atoms. The number of terminal acetylenes is 1. The Hall–Kier alpha value is -1.70. The second-order valence-electron chi connectivity index (χ2n) is 4.94. The Morgan fingerprint density at radius 2 is 2.00 bits per heavy atom. The molecule has 0 radical (unpaired) electrons. The normalized spacial score (nSPS) is 22.5. The van der Waals surface area contributed by atoms with Gasteiger partial charge in [-0.2, -0.15) is 0 Å². The van der Waals surface area contributed by atoms with E-state index in [9.17, 15) is 0 Å². The minimum Gasteiger partial charge on any atom is -0.423 e. The highest BCUT2D eigenvalue weighted by Crippen LogP contribution is 2.42. The van der Waals surface area contributed by atoms with Crippen molar-refractivity contribution < 1.29 is 10.0 Å². The van der Waals surface area contributed by atoms with E-state index in [1.54, 1.807) is 13.0 Å². The lowest BCUT2D eigenvalue weighted by atomic mass is 9.80. The van der Waals surface area contributed by atoms with Gasteiger partial charge in [0.05, 0.1) is 0 Å². The van der Waals surface area contributed by atoms with Crippen molar-refractivity contribution in [3.63, 3.8) is 0 Å². The summed E-state index contributed by atoms with van der Waals surface area (Å²) >= 11 is 0. The average Bonchev–Trinajstić information content (AvgIpc) is 3.07. The maximum atomic E-state index is 8.98. The molecule has 1 rings (SSSR count). The van der Waals surface area contributed by atoms with Crippen molar-refractivity contribution >= 4 is 7.12 Å². The molecule has 4 heteroatoms. The van der Waals surface area contributed by atoms with Crippen LogP contribution in [0.4, 0.5) is 0 Å². The molecule has 0 heterocycles. The first-order valence-electron chi connectivity index (χ1n) is 6.18. The molecule has 19 heavy (non-hydrogen) atoms. The molecule has 0 unspecified atom stereocenters. The van der Waals surface area contributed by atoms with Crippen molar-refractivity contribution in [1.29, 1.82) is 0 Å². The number of hydrogen-bond donors (Lipinski definition) is 3. The third kappa shape index (κ3) is 4.82. The Balaban J connectivity index is 2.53. The molecule has 2 atom stereocenters. The van der Waals surface area contributed by atoms with E-state index >= 15 is 0 Å². The smallest absolute Gasteiger partial charge is 0.423 e. The largest absolute Gasteiger partial charge is 0.483 e. The molecule has 0 aromatic rings. The third-order valence-electron chi connectivity index (χ3n) is 3.04. The minimum atomic E-state index is -1.43. The van der Waals surface area contributed by atoms with E-state index in [0.29, 0.717) is 23.0 Å². The van der Waals surface area contributed by atoms with Crippen molar-refractivity contribution in [3.8, 4) is 12.3 Å². The van der Waals surface area contributed by atoms with Gasteiger partial charge in [-0.15, -0.1) is 12.3 Å². The summed E-state index contributed by atoms with van der Waals surface area (Å²) in [5, 5.41) is 21.1. The van der Waals surface area contributed by atoms with Gasteiger partial charge >= 0.3 is 7.12 Å². The van der Waals surface area contributed by atoms with Crippen molar-refractivity contribution in [2.45, 2.75) is 20.3 Å². The molecule has 1 aliphatic carbocycles. The zero-order valence-corrected chi connectivity index (χ0v) is 11.5. The molecule has 3 nitrogen and oxygen atoms in total. The van der Waals surface area contributed by atoms with Crippen LogP contribution in [0.25, 0.3) is 0 Å². The fourth-order valence-electron chi connectivity index (χ4n) is 1.85. The Kier molecular flexibility index (Phi) is 5.23. The Morgan fingerprint density at radius 3 is 2.47 bits per heavy atom. The van der Waals surface area contributed by atoms with Gasteiger partial charge in [0.2, 0.25) is 0 Å². The first-order valence-corrected chi connectivity index (χ1v) is 6.18. The Morgan fingerprint density at radius 1 is 1.37 bits per heavy atom. The van der Waals surface area contributed by atoms with Crippen LogP contribution in [0.1, 0.15) is 20.3 Å². The summed E-state index contributed by atoms with van der Waals surface area (Å²) in [5.41, 5.74) is 2.96. The summed E-state index contributed by atoms with van der Waals surface area (Å²) in [6.45, 7) is 11.4. The van der Waals surface area contributed by atoms with Gasteiger partial charge in [0.25, 0.3) is 0 Å². The van der Waals surface area contributed by atoms with Crippen molar-refractivity contribution in [2.75, 3.05) is 0 Å². The molecule has 3 N–H and O–H groups in total. The molecule has 1 saturated carbocycles. The van der Waals surface area contributed by atoms with Gasteiger partial charge in [-0.25, -0.2) is 0 Å². The molecule has 0 aromatic heterocycles. The quantitative estimate of drug-likeness (QED) is 0.386. The van der Waals surface area contributed by atoms with E-state index in [0.717, 1.165) is 17.7 Å². The second kappa shape index (κ2) is 6.47. The number of allylic oxidation sites excluding steroid dienone is 5. The van der Waals surface area contributed by atoms with Crippen LogP contribution in [0.15, 0.2) is 47.7 Å². The van der Waals surface area contributed by atoms with Crippen molar-refractivity contribution in [2.24, 2.45) is 11.8 Å². The van der Waals surface area contributed by atoms with Crippen LogP contribution in [0, 0.1) is 24.2 Å². The molecular weight excluding hydrogens is 237 g/mol. The predicted octanol–water partition coefficient (Wildman–Crippen LogP) is 1.78. The number of rotatable bonds is 6. The molecular formula is C15H20BNO2. The van der Waals surface area contributed by atoms with E-state index in [4.69, 9.17) is 16.5 Å². The third-order valence-corrected chi connectivity index (χ3v) is 3.04. The van der Waals surface area contributed by atoms with Gasteiger partial charge in [0.15, 0.2) is 0 Å². The van der Waals surface area contributed by atoms with Gasteiger partial charge in [0, 0.05) is 23.2 Å². The minimum absolute atomic E-state index is 0.296. The topological polar surface area (TPSA) is 52.5 Å². The monoisotopic (exact) mass is 257 g/mol. The maximum Gasteiger partial charge on any atom is 0.483 e. The fourth-order valence-corrected chi connectivity index (χ4v) is 1.85. The maximum absolute atomic E-state index is 8.98. The standard InChI is InChI=1S/C15H20BNO2/c1-6-14-9-15(14)13(5)17-12(4)8-10(2)7-11(3)16(18)19/h1,7-8,14-15,17-19H,4-5,9H2,2-3H3/b10-8+,11-7+/t14-,15+/m0/s1. The highest BCUT2D eigenvalue weighted by Gasteiger charge is 2.37. The lowest BCUT2D eigenvalue weighted by Gasteiger charge is -2.09. The molecule has 100 valence electrons. The van der Waals surface area contributed by atoms with Gasteiger partial charge in [-0.05, 0) is 37.4 Å². The highest BCUT2D eigenvalue weighted by atomic mass is 16.4. The second-order valence-corrected chi connectivity index (χ2v) is 4.94. The lowest BCUT2D eigenvalue weighted by molar-refractivity contribution is 0.419. The Labute approximate surface area is 115 Å². The number of nitrogens with one attached hydrogen (secondary N) is 1. The summed E-state index contributed by atoms with van der Waals surface area (Å²) < 4.78 is 0. The molecule has 0 aliphatic heterocycles. The van der Waals surface area contributed by atoms with Crippen LogP contribution in [0.2, 0.25) is 0 Å². The first-order chi connectivity index (χ1) is 8.85. The van der Waals surface area contributed by atoms with Gasteiger partial charge in [-0.1, -0.05) is 19.2 Å². The van der Waals surface area contributed by atoms with Crippen molar-refractivity contribution in [3.05, 3.63) is 47.7 Å². The van der Waals surface area contributed by atoms with E-state index < -0.39 is 7.12 Å². The zero-order valence-electron chi connectivity index (χ0n) is 11.5. The molecule has 0 aromatic carbocycles. The SMILES string of the molecule is C#C[C@H]1C[C@@H]1C(=C)NC(=C)/C=C(C)/C=C(\C)B(O)O. The van der Waals surface area contributed by atoms with E-state index in [1.165, 1.54) is 0 Å². The molecule has 1 aliphatic rings. The molecule has 0 amide bonds. The summed E-state index contributed by atoms with van der Waals surface area (Å²) in [6.07, 6.45) is 9.85. The molecule has 0 bridgehead atoms. The van der Waals surface area contributed by atoms with E-state index in [2.05, 4.69) is 24.4 Å². The lowest BCUT2D eigenvalue weighted by Crippen LogP contribution is -2.13. The van der Waals surface area contributed by atoms with Crippen LogP contribution < -0.4 is 5.32 Å². The van der Waals surface area contributed by atoms with Crippen LogP contribution in [0.3, 0.4) is 0 Å². The van der Waals surface area contributed by atoms with Crippen LogP contribution in [-0.2, 0) is 0 Å². The average molecular weight is 257 g/mol. The first kappa shape index (κ1) is 15.4. The van der Waals surface area contributed by atoms with E-state index in [-0.39, 0.29) is 0 Å². The molecule has 0 saturated heterocycles. The summed E-state index contributed by atoms with van der Waals surface area (Å²) in [7, 11) is -1.43. The van der Waals surface area contributed by atoms with Crippen LogP contribution in [0.5, 0.6) is 0 Å². The summed E-state index contributed by atoms with van der Waals surface area (Å²) in [5.74, 6) is 3.35. The van der Waals surface area contributed by atoms with Crippen LogP contribution >= 0.6 is 0 Å². The van der Waals surface area contributed by atoms with E-state index in [1.807, 2.05) is 13.0 Å². The van der Waals surface area contributed by atoms with Gasteiger partial charge < -0.3 is 15.4 Å². The molecule has 1 fully saturated rings. The highest BCUT2D eigenvalue weighted by molar-refractivity contribution is 6.50. The van der Waals surface area contributed by atoms with Crippen molar-refractivity contribution in [1.82, 2.24) is 5.32 Å². The summed E-state index contributed by atoms with van der Waals surface area (Å²) in [4.78, 5) is 0. The Bertz CT molecular complexity index is 483. The fraction of sp³-hybridized carbons (Fsp3) is 0.333. The number of hydrogen-bond acceptors (Lipinski definition) is 3. The van der Waals surface area contributed by atoms with Gasteiger partial charge in [-0.3, -0.25) is 0 Å².